The van der Waals surface area contributed by atoms with Gasteiger partial charge in [0.05, 0.1) is 0 Å². The van der Waals surface area contributed by atoms with Crippen molar-refractivity contribution < 1.29 is 13.2 Å². The molecule has 9 heteroatoms. The zero-order valence-corrected chi connectivity index (χ0v) is 17.8. The van der Waals surface area contributed by atoms with Crippen molar-refractivity contribution in [2.24, 2.45) is 0 Å². The standard InChI is InChI=1S/C20H26N4O3S2/c25-20(23-13-16-6-3-4-9-21-16)19-18(8-12-28-19)29(26,27)24-11-10-22-17-7-2-1-5-15(17)14-24/h1-2,5,7-8,12,16,21-22H,3-4,6,9-11,13-14H2,(H,23,25)/t16-/m1/s1. The molecule has 2 aliphatic rings. The maximum Gasteiger partial charge on any atom is 0.262 e. The molecule has 156 valence electrons. The van der Waals surface area contributed by atoms with Crippen molar-refractivity contribution in [3.8, 4) is 0 Å². The van der Waals surface area contributed by atoms with E-state index < -0.39 is 10.0 Å². The summed E-state index contributed by atoms with van der Waals surface area (Å²) in [7, 11) is -3.78. The number of anilines is 1. The highest BCUT2D eigenvalue weighted by Crippen LogP contribution is 2.29. The molecule has 2 aromatic rings. The highest BCUT2D eigenvalue weighted by atomic mass is 32.2. The molecule has 1 atom stereocenters. The van der Waals surface area contributed by atoms with Crippen molar-refractivity contribution in [2.75, 3.05) is 31.5 Å². The van der Waals surface area contributed by atoms with Crippen LogP contribution in [0.1, 0.15) is 34.5 Å². The molecule has 1 aromatic carbocycles. The Morgan fingerprint density at radius 1 is 1.21 bits per heavy atom. The van der Waals surface area contributed by atoms with Gasteiger partial charge in [-0.05, 0) is 42.5 Å². The fourth-order valence-corrected chi connectivity index (χ4v) is 6.56. The molecule has 7 nitrogen and oxygen atoms in total. The lowest BCUT2D eigenvalue weighted by molar-refractivity contribution is 0.0948. The Morgan fingerprint density at radius 2 is 2.07 bits per heavy atom. The maximum absolute atomic E-state index is 13.4. The highest BCUT2D eigenvalue weighted by molar-refractivity contribution is 7.89. The number of carbonyl (C=O) groups excluding carboxylic acids is 1. The maximum atomic E-state index is 13.4. The van der Waals surface area contributed by atoms with Crippen molar-refractivity contribution in [3.63, 3.8) is 0 Å². The summed E-state index contributed by atoms with van der Waals surface area (Å²) in [6.45, 7) is 2.63. The number of nitrogens with zero attached hydrogens (tertiary/aromatic N) is 1. The van der Waals surface area contributed by atoms with Crippen LogP contribution in [0.3, 0.4) is 0 Å². The van der Waals surface area contributed by atoms with Crippen LogP contribution in [-0.2, 0) is 16.6 Å². The zero-order chi connectivity index (χ0) is 20.3. The van der Waals surface area contributed by atoms with Gasteiger partial charge in [0, 0.05) is 37.9 Å². The second-order valence-electron chi connectivity index (χ2n) is 7.39. The van der Waals surface area contributed by atoms with Crippen LogP contribution in [0.5, 0.6) is 0 Å². The molecule has 29 heavy (non-hydrogen) atoms. The first-order valence-corrected chi connectivity index (χ1v) is 12.3. The summed E-state index contributed by atoms with van der Waals surface area (Å²) < 4.78 is 28.2. The first-order valence-electron chi connectivity index (χ1n) is 9.97. The van der Waals surface area contributed by atoms with E-state index in [0.717, 1.165) is 37.1 Å². The van der Waals surface area contributed by atoms with Gasteiger partial charge in [-0.25, -0.2) is 8.42 Å². The molecule has 3 N–H and O–H groups in total. The zero-order valence-electron chi connectivity index (χ0n) is 16.2. The van der Waals surface area contributed by atoms with E-state index in [9.17, 15) is 13.2 Å². The van der Waals surface area contributed by atoms with E-state index in [4.69, 9.17) is 0 Å². The fourth-order valence-electron chi connectivity index (χ4n) is 3.82. The second kappa shape index (κ2) is 8.83. The van der Waals surface area contributed by atoms with Gasteiger partial charge < -0.3 is 16.0 Å². The normalized spacial score (nSPS) is 20.3. The second-order valence-corrected chi connectivity index (χ2v) is 10.2. The Labute approximate surface area is 175 Å². The molecule has 0 bridgehead atoms. The van der Waals surface area contributed by atoms with Gasteiger partial charge in [-0.1, -0.05) is 24.6 Å². The van der Waals surface area contributed by atoms with Crippen LogP contribution in [0.2, 0.25) is 0 Å². The summed E-state index contributed by atoms with van der Waals surface area (Å²) in [4.78, 5) is 13.1. The number of para-hydroxylation sites is 1. The molecule has 4 rings (SSSR count). The Morgan fingerprint density at radius 3 is 2.90 bits per heavy atom. The van der Waals surface area contributed by atoms with Gasteiger partial charge in [0.25, 0.3) is 5.91 Å². The minimum Gasteiger partial charge on any atom is -0.383 e. The third-order valence-electron chi connectivity index (χ3n) is 5.42. The van der Waals surface area contributed by atoms with Crippen LogP contribution >= 0.6 is 11.3 Å². The molecule has 0 unspecified atom stereocenters. The van der Waals surface area contributed by atoms with Gasteiger partial charge in [-0.3, -0.25) is 4.79 Å². The average molecular weight is 435 g/mol. The molecule has 3 heterocycles. The number of hydrogen-bond acceptors (Lipinski definition) is 6. The van der Waals surface area contributed by atoms with Crippen LogP contribution < -0.4 is 16.0 Å². The number of carbonyl (C=O) groups is 1. The van der Waals surface area contributed by atoms with Gasteiger partial charge in [0.2, 0.25) is 10.0 Å². The lowest BCUT2D eigenvalue weighted by atomic mass is 10.1. The van der Waals surface area contributed by atoms with E-state index in [1.54, 1.807) is 5.38 Å². The van der Waals surface area contributed by atoms with Crippen molar-refractivity contribution in [1.29, 1.82) is 0 Å². The molecular formula is C20H26N4O3S2. The molecule has 1 amide bonds. The molecule has 1 aromatic heterocycles. The van der Waals surface area contributed by atoms with Crippen molar-refractivity contribution in [2.45, 2.75) is 36.7 Å². The number of amides is 1. The number of piperidine rings is 1. The van der Waals surface area contributed by atoms with E-state index in [2.05, 4.69) is 16.0 Å². The van der Waals surface area contributed by atoms with E-state index in [-0.39, 0.29) is 28.3 Å². The molecule has 1 fully saturated rings. The van der Waals surface area contributed by atoms with E-state index in [1.165, 1.54) is 21.7 Å². The molecule has 0 radical (unpaired) electrons. The molecule has 0 spiro atoms. The van der Waals surface area contributed by atoms with Crippen molar-refractivity contribution in [1.82, 2.24) is 14.9 Å². The Bertz CT molecular complexity index is 968. The minimum absolute atomic E-state index is 0.0935. The predicted octanol–water partition coefficient (Wildman–Crippen LogP) is 2.24. The van der Waals surface area contributed by atoms with Crippen LogP contribution in [-0.4, -0.2) is 50.9 Å². The number of rotatable bonds is 5. The number of benzene rings is 1. The van der Waals surface area contributed by atoms with E-state index in [0.29, 0.717) is 19.6 Å². The van der Waals surface area contributed by atoms with Gasteiger partial charge in [0.15, 0.2) is 0 Å². The monoisotopic (exact) mass is 434 g/mol. The third-order valence-corrected chi connectivity index (χ3v) is 8.35. The number of sulfonamides is 1. The smallest absolute Gasteiger partial charge is 0.262 e. The minimum atomic E-state index is -3.78. The van der Waals surface area contributed by atoms with Crippen molar-refractivity contribution >= 4 is 33.0 Å². The van der Waals surface area contributed by atoms with Crippen LogP contribution in [0.4, 0.5) is 5.69 Å². The van der Waals surface area contributed by atoms with E-state index >= 15 is 0 Å². The van der Waals surface area contributed by atoms with Crippen molar-refractivity contribution in [3.05, 3.63) is 46.2 Å². The molecule has 0 saturated carbocycles. The summed E-state index contributed by atoms with van der Waals surface area (Å²) in [5.41, 5.74) is 1.88. The fraction of sp³-hybridized carbons (Fsp3) is 0.450. The van der Waals surface area contributed by atoms with Gasteiger partial charge in [0.1, 0.15) is 9.77 Å². The topological polar surface area (TPSA) is 90.5 Å². The number of thiophene rings is 1. The van der Waals surface area contributed by atoms with Crippen LogP contribution in [0.15, 0.2) is 40.6 Å². The Balaban J connectivity index is 1.51. The van der Waals surface area contributed by atoms with Gasteiger partial charge in [-0.15, -0.1) is 11.3 Å². The number of fused-ring (bicyclic) bond motifs is 1. The van der Waals surface area contributed by atoms with Gasteiger partial charge in [-0.2, -0.15) is 4.31 Å². The molecular weight excluding hydrogens is 408 g/mol. The third kappa shape index (κ3) is 4.48. The van der Waals surface area contributed by atoms with Gasteiger partial charge >= 0.3 is 0 Å². The van der Waals surface area contributed by atoms with Crippen LogP contribution in [0.25, 0.3) is 0 Å². The largest absolute Gasteiger partial charge is 0.383 e. The first-order chi connectivity index (χ1) is 14.1. The molecule has 2 aliphatic heterocycles. The first kappa shape index (κ1) is 20.3. The number of hydrogen-bond donors (Lipinski definition) is 3. The molecule has 1 saturated heterocycles. The summed E-state index contributed by atoms with van der Waals surface area (Å²) in [5, 5.41) is 11.2. The lowest BCUT2D eigenvalue weighted by Gasteiger charge is -2.24. The molecule has 0 aliphatic carbocycles. The Hall–Kier alpha value is -1.94. The van der Waals surface area contributed by atoms with Crippen LogP contribution in [0, 0.1) is 0 Å². The SMILES string of the molecule is O=C(NC[C@H]1CCCCN1)c1sccc1S(=O)(=O)N1CCNc2ccccc2C1. The summed E-state index contributed by atoms with van der Waals surface area (Å²) in [6, 6.07) is 9.50. The predicted molar refractivity (Wildman–Crippen MR) is 115 cm³/mol. The summed E-state index contributed by atoms with van der Waals surface area (Å²) >= 11 is 1.17. The summed E-state index contributed by atoms with van der Waals surface area (Å²) in [5.74, 6) is -0.320. The quantitative estimate of drug-likeness (QED) is 0.671. The number of nitrogens with one attached hydrogen (secondary N) is 3. The lowest BCUT2D eigenvalue weighted by Crippen LogP contribution is -2.43. The Kier molecular flexibility index (Phi) is 6.19. The summed E-state index contributed by atoms with van der Waals surface area (Å²) in [6.07, 6.45) is 3.33. The average Bonchev–Trinajstić information content (AvgIpc) is 3.14. The highest BCUT2D eigenvalue weighted by Gasteiger charge is 2.31. The van der Waals surface area contributed by atoms with E-state index in [1.807, 2.05) is 24.3 Å².